The molecule has 2 unspecified atom stereocenters. The van der Waals surface area contributed by atoms with Gasteiger partial charge in [0.2, 0.25) is 0 Å². The van der Waals surface area contributed by atoms with Crippen LogP contribution in [0.25, 0.3) is 0 Å². The van der Waals surface area contributed by atoms with E-state index in [1.54, 1.807) is 78.9 Å². The lowest BCUT2D eigenvalue weighted by Gasteiger charge is -2.30. The molecule has 144 valence electrons. The lowest BCUT2D eigenvalue weighted by molar-refractivity contribution is 0.0242. The SMILES string of the molecule is O=C(c1ccccc1)C(O)(CC(c1ccccc1)S(=O)(=O)O)c1ccccc1. The highest BCUT2D eigenvalue weighted by molar-refractivity contribution is 7.86. The van der Waals surface area contributed by atoms with Gasteiger partial charge < -0.3 is 5.11 Å². The number of aliphatic hydroxyl groups is 1. The standard InChI is InChI=1S/C22H20O5S/c23-21(18-12-6-2-7-13-18)22(24,19-14-8-3-9-15-19)16-20(28(25,26)27)17-10-4-1-5-11-17/h1-15,20,24H,16H2,(H,25,26,27). The Labute approximate surface area is 164 Å². The number of carbonyl (C=O) groups is 1. The molecule has 0 aromatic heterocycles. The summed E-state index contributed by atoms with van der Waals surface area (Å²) in [5.41, 5.74) is -1.34. The van der Waals surface area contributed by atoms with Gasteiger partial charge in [-0.2, -0.15) is 8.42 Å². The summed E-state index contributed by atoms with van der Waals surface area (Å²) in [7, 11) is -4.59. The molecule has 3 rings (SSSR count). The minimum absolute atomic E-state index is 0.246. The van der Waals surface area contributed by atoms with E-state index in [1.165, 1.54) is 12.1 Å². The van der Waals surface area contributed by atoms with E-state index in [1.807, 2.05) is 0 Å². The highest BCUT2D eigenvalue weighted by atomic mass is 32.2. The monoisotopic (exact) mass is 396 g/mol. The number of hydrogen-bond donors (Lipinski definition) is 2. The van der Waals surface area contributed by atoms with Gasteiger partial charge in [0.25, 0.3) is 10.1 Å². The van der Waals surface area contributed by atoms with Crippen LogP contribution in [0, 0.1) is 0 Å². The third-order valence-electron chi connectivity index (χ3n) is 4.67. The summed E-state index contributed by atoms with van der Waals surface area (Å²) in [4.78, 5) is 13.2. The van der Waals surface area contributed by atoms with Crippen molar-refractivity contribution in [3.63, 3.8) is 0 Å². The molecule has 28 heavy (non-hydrogen) atoms. The number of rotatable bonds is 7. The smallest absolute Gasteiger partial charge is 0.272 e. The molecule has 0 aliphatic heterocycles. The summed E-state index contributed by atoms with van der Waals surface area (Å²) < 4.78 is 34.1. The van der Waals surface area contributed by atoms with Crippen LogP contribution in [0.15, 0.2) is 91.0 Å². The van der Waals surface area contributed by atoms with Crippen LogP contribution in [0.5, 0.6) is 0 Å². The van der Waals surface area contributed by atoms with E-state index in [0.29, 0.717) is 5.56 Å². The van der Waals surface area contributed by atoms with Crippen LogP contribution in [0.4, 0.5) is 0 Å². The van der Waals surface area contributed by atoms with Gasteiger partial charge in [0.05, 0.1) is 0 Å². The van der Waals surface area contributed by atoms with Crippen molar-refractivity contribution in [1.82, 2.24) is 0 Å². The highest BCUT2D eigenvalue weighted by Crippen LogP contribution is 2.38. The number of Topliss-reactive ketones (excluding diaryl/α,β-unsaturated/α-hetero) is 1. The maximum absolute atomic E-state index is 13.2. The average molecular weight is 396 g/mol. The van der Waals surface area contributed by atoms with Crippen molar-refractivity contribution >= 4 is 15.9 Å². The van der Waals surface area contributed by atoms with E-state index in [9.17, 15) is 22.9 Å². The van der Waals surface area contributed by atoms with Crippen molar-refractivity contribution in [3.8, 4) is 0 Å². The maximum Gasteiger partial charge on any atom is 0.272 e. The van der Waals surface area contributed by atoms with Crippen LogP contribution >= 0.6 is 0 Å². The second-order valence-corrected chi connectivity index (χ2v) is 8.14. The van der Waals surface area contributed by atoms with E-state index in [4.69, 9.17) is 0 Å². The molecule has 6 heteroatoms. The third kappa shape index (κ3) is 4.20. The largest absolute Gasteiger partial charge is 0.377 e. The van der Waals surface area contributed by atoms with Gasteiger partial charge in [-0.15, -0.1) is 0 Å². The van der Waals surface area contributed by atoms with E-state index in [2.05, 4.69) is 0 Å². The second kappa shape index (κ2) is 8.06. The fourth-order valence-electron chi connectivity index (χ4n) is 3.21. The molecule has 0 radical (unpaired) electrons. The summed E-state index contributed by atoms with van der Waals surface area (Å²) in [5, 5.41) is 10.0. The molecule has 0 saturated carbocycles. The summed E-state index contributed by atoms with van der Waals surface area (Å²) in [6.45, 7) is 0. The van der Waals surface area contributed by atoms with Gasteiger partial charge in [-0.25, -0.2) is 0 Å². The van der Waals surface area contributed by atoms with E-state index >= 15 is 0 Å². The Morgan fingerprint density at radius 1 is 0.821 bits per heavy atom. The van der Waals surface area contributed by atoms with Crippen molar-refractivity contribution in [2.24, 2.45) is 0 Å². The van der Waals surface area contributed by atoms with Crippen LogP contribution < -0.4 is 0 Å². The third-order valence-corrected chi connectivity index (χ3v) is 5.83. The summed E-state index contributed by atoms with van der Waals surface area (Å²) >= 11 is 0. The lowest BCUT2D eigenvalue weighted by Crippen LogP contribution is -2.39. The van der Waals surface area contributed by atoms with Gasteiger partial charge in [-0.1, -0.05) is 91.0 Å². The zero-order chi connectivity index (χ0) is 20.2. The maximum atomic E-state index is 13.2. The molecule has 0 fully saturated rings. The fourth-order valence-corrected chi connectivity index (χ4v) is 4.17. The van der Waals surface area contributed by atoms with Gasteiger partial charge >= 0.3 is 0 Å². The van der Waals surface area contributed by atoms with Crippen LogP contribution in [-0.2, 0) is 15.7 Å². The van der Waals surface area contributed by atoms with Crippen LogP contribution in [0.2, 0.25) is 0 Å². The lowest BCUT2D eigenvalue weighted by atomic mass is 9.81. The molecule has 2 N–H and O–H groups in total. The zero-order valence-electron chi connectivity index (χ0n) is 15.0. The summed E-state index contributed by atoms with van der Waals surface area (Å²) in [6.07, 6.45) is -0.520. The molecule has 5 nitrogen and oxygen atoms in total. The number of hydrogen-bond acceptors (Lipinski definition) is 4. The van der Waals surface area contributed by atoms with Gasteiger partial charge in [0.15, 0.2) is 11.4 Å². The van der Waals surface area contributed by atoms with Gasteiger partial charge in [0, 0.05) is 12.0 Å². The first-order chi connectivity index (χ1) is 13.3. The number of ketones is 1. The molecule has 0 aliphatic rings. The quantitative estimate of drug-likeness (QED) is 0.468. The highest BCUT2D eigenvalue weighted by Gasteiger charge is 2.44. The molecule has 0 spiro atoms. The first kappa shape index (κ1) is 19.9. The Bertz CT molecular complexity index is 1030. The normalized spacial score (nSPS) is 14.8. The Kier molecular flexibility index (Phi) is 5.74. The molecule has 0 aliphatic carbocycles. The van der Waals surface area contributed by atoms with Gasteiger partial charge in [-0.3, -0.25) is 9.35 Å². The van der Waals surface area contributed by atoms with Crippen molar-refractivity contribution < 1.29 is 22.9 Å². The predicted octanol–water partition coefficient (Wildman–Crippen LogP) is 3.78. The Morgan fingerprint density at radius 2 is 1.29 bits per heavy atom. The molecule has 0 saturated heterocycles. The van der Waals surface area contributed by atoms with Gasteiger partial charge in [-0.05, 0) is 11.1 Å². The molecule has 3 aromatic carbocycles. The predicted molar refractivity (Wildman–Crippen MR) is 106 cm³/mol. The van der Waals surface area contributed by atoms with Crippen LogP contribution in [0.1, 0.15) is 33.2 Å². The van der Waals surface area contributed by atoms with E-state index < -0.39 is 33.2 Å². The second-order valence-electron chi connectivity index (χ2n) is 6.54. The molecule has 0 bridgehead atoms. The number of carbonyl (C=O) groups excluding carboxylic acids is 1. The topological polar surface area (TPSA) is 91.7 Å². The fraction of sp³-hybridized carbons (Fsp3) is 0.136. The first-order valence-electron chi connectivity index (χ1n) is 8.71. The van der Waals surface area contributed by atoms with Crippen molar-refractivity contribution in [1.29, 1.82) is 0 Å². The van der Waals surface area contributed by atoms with Crippen LogP contribution in [-0.4, -0.2) is 23.9 Å². The van der Waals surface area contributed by atoms with Crippen LogP contribution in [0.3, 0.4) is 0 Å². The summed E-state index contributed by atoms with van der Waals surface area (Å²) in [6, 6.07) is 24.4. The summed E-state index contributed by atoms with van der Waals surface area (Å²) in [5.74, 6) is -0.635. The molecular weight excluding hydrogens is 376 g/mol. The van der Waals surface area contributed by atoms with Gasteiger partial charge in [0.1, 0.15) is 5.25 Å². The Morgan fingerprint density at radius 3 is 1.79 bits per heavy atom. The van der Waals surface area contributed by atoms with Crippen molar-refractivity contribution in [3.05, 3.63) is 108 Å². The first-order valence-corrected chi connectivity index (χ1v) is 10.2. The number of benzene rings is 3. The molecular formula is C22H20O5S. The Hall–Kier alpha value is -2.80. The Balaban J connectivity index is 2.13. The molecule has 0 amide bonds. The minimum Gasteiger partial charge on any atom is -0.377 e. The molecule has 3 aromatic rings. The van der Waals surface area contributed by atoms with E-state index in [0.717, 1.165) is 0 Å². The zero-order valence-corrected chi connectivity index (χ0v) is 15.8. The molecule has 0 heterocycles. The molecule has 2 atom stereocenters. The van der Waals surface area contributed by atoms with Crippen molar-refractivity contribution in [2.75, 3.05) is 0 Å². The van der Waals surface area contributed by atoms with Crippen molar-refractivity contribution in [2.45, 2.75) is 17.3 Å². The van der Waals surface area contributed by atoms with E-state index in [-0.39, 0.29) is 11.1 Å². The average Bonchev–Trinajstić information content (AvgIpc) is 2.72. The minimum atomic E-state index is -4.59.